The molecule has 0 bridgehead atoms. The van der Waals surface area contributed by atoms with Crippen LogP contribution in [0, 0.1) is 0 Å². The Kier molecular flexibility index (Phi) is 1.22. The van der Waals surface area contributed by atoms with Crippen LogP contribution >= 0.6 is 11.3 Å². The van der Waals surface area contributed by atoms with Gasteiger partial charge in [-0.25, -0.2) is 4.98 Å². The van der Waals surface area contributed by atoms with E-state index in [4.69, 9.17) is 10.8 Å². The van der Waals surface area contributed by atoms with Crippen LogP contribution in [0.4, 0.5) is 5.69 Å². The van der Waals surface area contributed by atoms with Gasteiger partial charge in [-0.1, -0.05) is 0 Å². The van der Waals surface area contributed by atoms with Crippen LogP contribution in [0.1, 0.15) is 0 Å². The molecule has 0 aliphatic carbocycles. The summed E-state index contributed by atoms with van der Waals surface area (Å²) in [6.07, 6.45) is 0. The van der Waals surface area contributed by atoms with Gasteiger partial charge in [0, 0.05) is 12.1 Å². The zero-order valence-corrected chi connectivity index (χ0v) is 6.43. The number of anilines is 1. The first-order chi connectivity index (χ1) is 5.27. The van der Waals surface area contributed by atoms with Crippen molar-refractivity contribution < 1.29 is 5.11 Å². The van der Waals surface area contributed by atoms with E-state index in [1.54, 1.807) is 11.6 Å². The van der Waals surface area contributed by atoms with E-state index in [9.17, 15) is 0 Å². The molecular formula is C7H6N2OS. The Morgan fingerprint density at radius 2 is 2.27 bits per heavy atom. The lowest BCUT2D eigenvalue weighted by Crippen LogP contribution is -1.83. The minimum atomic E-state index is 0.168. The molecule has 0 aliphatic rings. The Morgan fingerprint density at radius 3 is 3.09 bits per heavy atom. The number of hydrogen-bond acceptors (Lipinski definition) is 4. The highest BCUT2D eigenvalue weighted by molar-refractivity contribution is 7.17. The van der Waals surface area contributed by atoms with Gasteiger partial charge in [0.05, 0.1) is 21.4 Å². The molecular weight excluding hydrogens is 160 g/mol. The summed E-state index contributed by atoms with van der Waals surface area (Å²) in [4.78, 5) is 4.02. The molecule has 2 rings (SSSR count). The number of fused-ring (bicyclic) bond motifs is 1. The van der Waals surface area contributed by atoms with Gasteiger partial charge in [-0.05, 0) is 0 Å². The molecule has 0 saturated carbocycles. The van der Waals surface area contributed by atoms with Crippen molar-refractivity contribution in [2.45, 2.75) is 0 Å². The number of hydrogen-bond donors (Lipinski definition) is 2. The van der Waals surface area contributed by atoms with Crippen LogP contribution in [0.15, 0.2) is 17.6 Å². The molecule has 56 valence electrons. The maximum Gasteiger partial charge on any atom is 0.119 e. The molecule has 11 heavy (non-hydrogen) atoms. The number of aromatic nitrogens is 1. The predicted octanol–water partition coefficient (Wildman–Crippen LogP) is 1.58. The summed E-state index contributed by atoms with van der Waals surface area (Å²) < 4.78 is 0.933. The number of aromatic hydroxyl groups is 1. The van der Waals surface area contributed by atoms with E-state index in [1.165, 1.54) is 17.4 Å². The lowest BCUT2D eigenvalue weighted by atomic mass is 10.3. The summed E-state index contributed by atoms with van der Waals surface area (Å²) in [7, 11) is 0. The van der Waals surface area contributed by atoms with E-state index in [0.29, 0.717) is 5.69 Å². The van der Waals surface area contributed by atoms with Gasteiger partial charge in [0.2, 0.25) is 0 Å². The van der Waals surface area contributed by atoms with E-state index in [0.717, 1.165) is 10.2 Å². The Bertz CT molecular complexity index is 396. The van der Waals surface area contributed by atoms with Crippen LogP contribution in [0.5, 0.6) is 5.75 Å². The number of nitrogen functional groups attached to an aromatic ring is 1. The minimum Gasteiger partial charge on any atom is -0.508 e. The smallest absolute Gasteiger partial charge is 0.119 e. The fourth-order valence-electron chi connectivity index (χ4n) is 0.980. The highest BCUT2D eigenvalue weighted by Crippen LogP contribution is 2.28. The maximum atomic E-state index is 9.11. The second-order valence-corrected chi connectivity index (χ2v) is 3.09. The van der Waals surface area contributed by atoms with Crippen molar-refractivity contribution >= 4 is 27.2 Å². The lowest BCUT2D eigenvalue weighted by Gasteiger charge is -1.95. The normalized spacial score (nSPS) is 10.5. The largest absolute Gasteiger partial charge is 0.508 e. The zero-order valence-electron chi connectivity index (χ0n) is 5.61. The summed E-state index contributed by atoms with van der Waals surface area (Å²) in [5.41, 5.74) is 8.66. The molecule has 3 N–H and O–H groups in total. The molecule has 4 heteroatoms. The molecule has 1 aromatic heterocycles. The maximum absolute atomic E-state index is 9.11. The second-order valence-electron chi connectivity index (χ2n) is 2.24. The van der Waals surface area contributed by atoms with Crippen LogP contribution in [0.3, 0.4) is 0 Å². The number of thiazole rings is 1. The van der Waals surface area contributed by atoms with Crippen LogP contribution in [-0.2, 0) is 0 Å². The quantitative estimate of drug-likeness (QED) is 0.584. The molecule has 0 aliphatic heterocycles. The number of rotatable bonds is 0. The van der Waals surface area contributed by atoms with Gasteiger partial charge in [-0.15, -0.1) is 11.3 Å². The number of phenols is 1. The molecule has 1 heterocycles. The van der Waals surface area contributed by atoms with Crippen LogP contribution in [0.2, 0.25) is 0 Å². The lowest BCUT2D eigenvalue weighted by molar-refractivity contribution is 0.476. The Hall–Kier alpha value is -1.29. The molecule has 0 radical (unpaired) electrons. The Labute approximate surface area is 67.1 Å². The molecule has 0 unspecified atom stereocenters. The third-order valence-corrected chi connectivity index (χ3v) is 2.34. The Morgan fingerprint density at radius 1 is 1.45 bits per heavy atom. The van der Waals surface area contributed by atoms with Gasteiger partial charge >= 0.3 is 0 Å². The average Bonchev–Trinajstić information content (AvgIpc) is 2.34. The zero-order chi connectivity index (χ0) is 7.84. The highest BCUT2D eigenvalue weighted by Gasteiger charge is 2.01. The number of nitrogens with zero attached hydrogens (tertiary/aromatic N) is 1. The van der Waals surface area contributed by atoms with Crippen molar-refractivity contribution in [2.75, 3.05) is 5.73 Å². The van der Waals surface area contributed by atoms with Crippen molar-refractivity contribution in [1.82, 2.24) is 4.98 Å². The summed E-state index contributed by atoms with van der Waals surface area (Å²) in [6.45, 7) is 0. The van der Waals surface area contributed by atoms with Gasteiger partial charge in [-0.3, -0.25) is 0 Å². The predicted molar refractivity (Wildman–Crippen MR) is 45.7 cm³/mol. The van der Waals surface area contributed by atoms with Crippen molar-refractivity contribution in [3.63, 3.8) is 0 Å². The molecule has 3 nitrogen and oxygen atoms in total. The second kappa shape index (κ2) is 2.10. The summed E-state index contributed by atoms with van der Waals surface area (Å²) >= 11 is 1.48. The number of phenolic OH excluding ortho intramolecular Hbond substituents is 1. The number of benzene rings is 1. The van der Waals surface area contributed by atoms with Gasteiger partial charge in [0.25, 0.3) is 0 Å². The summed E-state index contributed by atoms with van der Waals surface area (Å²) in [6, 6.07) is 3.13. The van der Waals surface area contributed by atoms with Gasteiger partial charge in [0.15, 0.2) is 0 Å². The van der Waals surface area contributed by atoms with Crippen LogP contribution in [0.25, 0.3) is 10.2 Å². The van der Waals surface area contributed by atoms with Gasteiger partial charge in [0.1, 0.15) is 5.75 Å². The molecule has 0 spiro atoms. The van der Waals surface area contributed by atoms with E-state index in [2.05, 4.69) is 4.98 Å². The first-order valence-electron chi connectivity index (χ1n) is 3.09. The molecule has 0 fully saturated rings. The highest BCUT2D eigenvalue weighted by atomic mass is 32.1. The molecule has 0 saturated heterocycles. The molecule has 0 amide bonds. The third kappa shape index (κ3) is 0.914. The molecule has 2 aromatic rings. The van der Waals surface area contributed by atoms with Gasteiger partial charge in [-0.2, -0.15) is 0 Å². The fraction of sp³-hybridized carbons (Fsp3) is 0. The van der Waals surface area contributed by atoms with E-state index in [1.807, 2.05) is 0 Å². The monoisotopic (exact) mass is 166 g/mol. The van der Waals surface area contributed by atoms with Crippen molar-refractivity contribution in [3.8, 4) is 5.75 Å². The van der Waals surface area contributed by atoms with Crippen molar-refractivity contribution in [3.05, 3.63) is 17.6 Å². The number of nitrogens with two attached hydrogens (primary N) is 1. The van der Waals surface area contributed by atoms with E-state index in [-0.39, 0.29) is 5.75 Å². The van der Waals surface area contributed by atoms with Crippen LogP contribution < -0.4 is 5.73 Å². The topological polar surface area (TPSA) is 59.1 Å². The third-order valence-electron chi connectivity index (χ3n) is 1.45. The average molecular weight is 166 g/mol. The fourth-order valence-corrected chi connectivity index (χ4v) is 1.68. The summed E-state index contributed by atoms with van der Waals surface area (Å²) in [5, 5.41) is 9.11. The van der Waals surface area contributed by atoms with E-state index >= 15 is 0 Å². The molecule has 1 aromatic carbocycles. The summed E-state index contributed by atoms with van der Waals surface area (Å²) in [5.74, 6) is 0.168. The standard InChI is InChI=1S/C7H6N2OS/c8-5-1-4(10)2-6-7(5)11-3-9-6/h1-3,10H,8H2. The van der Waals surface area contributed by atoms with Gasteiger partial charge < -0.3 is 10.8 Å². The van der Waals surface area contributed by atoms with Crippen molar-refractivity contribution in [1.29, 1.82) is 0 Å². The SMILES string of the molecule is Nc1cc(O)cc2ncsc12. The van der Waals surface area contributed by atoms with Crippen molar-refractivity contribution in [2.24, 2.45) is 0 Å². The van der Waals surface area contributed by atoms with Crippen LogP contribution in [-0.4, -0.2) is 10.1 Å². The minimum absolute atomic E-state index is 0.168. The molecule has 0 atom stereocenters. The first kappa shape index (κ1) is 6.42. The Balaban J connectivity index is 2.91. The first-order valence-corrected chi connectivity index (χ1v) is 3.97. The van der Waals surface area contributed by atoms with E-state index < -0.39 is 0 Å².